The summed E-state index contributed by atoms with van der Waals surface area (Å²) in [6.07, 6.45) is 2.54. The van der Waals surface area contributed by atoms with Gasteiger partial charge in [0.05, 0.1) is 18.8 Å². The van der Waals surface area contributed by atoms with E-state index >= 15 is 0 Å². The van der Waals surface area contributed by atoms with Gasteiger partial charge in [0.25, 0.3) is 0 Å². The van der Waals surface area contributed by atoms with Crippen LogP contribution in [-0.2, 0) is 4.74 Å². The number of piperidine rings is 1. The van der Waals surface area contributed by atoms with Crippen molar-refractivity contribution in [2.75, 3.05) is 13.1 Å². The van der Waals surface area contributed by atoms with Crippen LogP contribution in [0.4, 0.5) is 10.6 Å². The van der Waals surface area contributed by atoms with Crippen molar-refractivity contribution in [3.63, 3.8) is 0 Å². The molecule has 2 rings (SSSR count). The van der Waals surface area contributed by atoms with Crippen LogP contribution in [0.1, 0.15) is 39.7 Å². The predicted octanol–water partition coefficient (Wildman–Crippen LogP) is 2.36. The zero-order valence-corrected chi connectivity index (χ0v) is 12.5. The second kappa shape index (κ2) is 5.71. The summed E-state index contributed by atoms with van der Waals surface area (Å²) in [5.41, 5.74) is -0.554. The van der Waals surface area contributed by atoms with E-state index in [1.165, 1.54) is 16.9 Å². The fraction of sp³-hybridized carbons (Fsp3) is 0.692. The molecule has 116 valence electrons. The highest BCUT2D eigenvalue weighted by atomic mass is 16.6. The van der Waals surface area contributed by atoms with Crippen LogP contribution in [0.2, 0.25) is 0 Å². The van der Waals surface area contributed by atoms with Crippen molar-refractivity contribution >= 4 is 11.9 Å². The number of rotatable bonds is 2. The summed E-state index contributed by atoms with van der Waals surface area (Å²) in [4.78, 5) is 24.2. The normalized spacial score (nSPS) is 19.4. The van der Waals surface area contributed by atoms with Gasteiger partial charge < -0.3 is 19.8 Å². The average molecular weight is 296 g/mol. The fourth-order valence-electron chi connectivity index (χ4n) is 2.38. The SMILES string of the molecule is CC(C)(C)OC(=O)N1CCC[C@@H](n2nccc2[N+](=O)[O-])C1. The third kappa shape index (κ3) is 3.71. The molecule has 8 heteroatoms. The minimum absolute atomic E-state index is 0.0500. The van der Waals surface area contributed by atoms with Crippen LogP contribution < -0.4 is 0 Å². The monoisotopic (exact) mass is 296 g/mol. The van der Waals surface area contributed by atoms with E-state index in [1.54, 1.807) is 4.90 Å². The van der Waals surface area contributed by atoms with Crippen LogP contribution in [0.5, 0.6) is 0 Å². The van der Waals surface area contributed by atoms with Gasteiger partial charge >= 0.3 is 11.9 Å². The first-order valence-electron chi connectivity index (χ1n) is 6.94. The maximum absolute atomic E-state index is 12.1. The largest absolute Gasteiger partial charge is 0.444 e. The molecule has 1 aromatic rings. The molecule has 1 saturated heterocycles. The first-order valence-corrected chi connectivity index (χ1v) is 6.94. The minimum Gasteiger partial charge on any atom is -0.444 e. The molecule has 0 radical (unpaired) electrons. The van der Waals surface area contributed by atoms with Crippen LogP contribution in [0.15, 0.2) is 12.3 Å². The van der Waals surface area contributed by atoms with Gasteiger partial charge in [-0.3, -0.25) is 0 Å². The lowest BCUT2D eigenvalue weighted by Gasteiger charge is -2.32. The Morgan fingerprint density at radius 1 is 1.52 bits per heavy atom. The average Bonchev–Trinajstić information content (AvgIpc) is 2.86. The van der Waals surface area contributed by atoms with Crippen LogP contribution >= 0.6 is 0 Å². The van der Waals surface area contributed by atoms with Gasteiger partial charge in [-0.1, -0.05) is 5.10 Å². The molecule has 8 nitrogen and oxygen atoms in total. The molecule has 0 aromatic carbocycles. The summed E-state index contributed by atoms with van der Waals surface area (Å²) < 4.78 is 6.73. The Balaban J connectivity index is 2.09. The van der Waals surface area contributed by atoms with Crippen molar-refractivity contribution in [2.45, 2.75) is 45.3 Å². The van der Waals surface area contributed by atoms with E-state index in [-0.39, 0.29) is 18.0 Å². The molecule has 0 spiro atoms. The van der Waals surface area contributed by atoms with Gasteiger partial charge in [-0.15, -0.1) is 4.68 Å². The second-order valence-electron chi connectivity index (χ2n) is 6.11. The van der Waals surface area contributed by atoms with Crippen molar-refractivity contribution in [2.24, 2.45) is 0 Å². The molecule has 1 aliphatic rings. The molecule has 0 bridgehead atoms. The van der Waals surface area contributed by atoms with E-state index in [0.29, 0.717) is 13.1 Å². The molecule has 0 N–H and O–H groups in total. The minimum atomic E-state index is -0.554. The smallest absolute Gasteiger partial charge is 0.410 e. The van der Waals surface area contributed by atoms with Gasteiger partial charge in [-0.25, -0.2) is 4.79 Å². The zero-order chi connectivity index (χ0) is 15.6. The molecular formula is C13H20N4O4. The van der Waals surface area contributed by atoms with Gasteiger partial charge in [0.2, 0.25) is 0 Å². The Morgan fingerprint density at radius 2 is 2.24 bits per heavy atom. The lowest BCUT2D eigenvalue weighted by molar-refractivity contribution is -0.393. The molecule has 0 saturated carbocycles. The quantitative estimate of drug-likeness (QED) is 0.617. The number of carbonyl (C=O) groups is 1. The van der Waals surface area contributed by atoms with E-state index < -0.39 is 10.5 Å². The Hall–Kier alpha value is -2.12. The lowest BCUT2D eigenvalue weighted by atomic mass is 10.1. The van der Waals surface area contributed by atoms with Crippen molar-refractivity contribution in [3.05, 3.63) is 22.4 Å². The number of amides is 1. The number of hydrogen-bond acceptors (Lipinski definition) is 5. The van der Waals surface area contributed by atoms with Crippen molar-refractivity contribution in [3.8, 4) is 0 Å². The molecule has 2 heterocycles. The number of likely N-dealkylation sites (tertiary alicyclic amines) is 1. The van der Waals surface area contributed by atoms with Crippen molar-refractivity contribution in [1.29, 1.82) is 0 Å². The summed E-state index contributed by atoms with van der Waals surface area (Å²) >= 11 is 0. The van der Waals surface area contributed by atoms with Crippen molar-refractivity contribution in [1.82, 2.24) is 14.7 Å². The molecule has 21 heavy (non-hydrogen) atoms. The summed E-state index contributed by atoms with van der Waals surface area (Å²) in [6.45, 7) is 6.40. The number of ether oxygens (including phenoxy) is 1. The summed E-state index contributed by atoms with van der Waals surface area (Å²) in [7, 11) is 0. The Morgan fingerprint density at radius 3 is 2.86 bits per heavy atom. The van der Waals surface area contributed by atoms with Gasteiger partial charge in [0.15, 0.2) is 0 Å². The van der Waals surface area contributed by atoms with Crippen LogP contribution in [0, 0.1) is 10.1 Å². The third-order valence-electron chi connectivity index (χ3n) is 3.23. The summed E-state index contributed by atoms with van der Waals surface area (Å²) in [5, 5.41) is 15.0. The third-order valence-corrected chi connectivity index (χ3v) is 3.23. The number of aromatic nitrogens is 2. The Labute approximate surface area is 122 Å². The molecule has 1 fully saturated rings. The van der Waals surface area contributed by atoms with E-state index in [9.17, 15) is 14.9 Å². The Bertz CT molecular complexity index is 535. The Kier molecular flexibility index (Phi) is 4.15. The molecular weight excluding hydrogens is 276 g/mol. The van der Waals surface area contributed by atoms with Crippen LogP contribution in [0.3, 0.4) is 0 Å². The molecule has 0 unspecified atom stereocenters. The highest BCUT2D eigenvalue weighted by molar-refractivity contribution is 5.68. The first-order chi connectivity index (χ1) is 9.78. The lowest BCUT2D eigenvalue weighted by Crippen LogP contribution is -2.43. The van der Waals surface area contributed by atoms with Gasteiger partial charge in [-0.2, -0.15) is 0 Å². The summed E-state index contributed by atoms with van der Waals surface area (Å²) in [5.74, 6) is -0.0500. The van der Waals surface area contributed by atoms with Crippen LogP contribution in [-0.4, -0.2) is 44.4 Å². The van der Waals surface area contributed by atoms with Crippen molar-refractivity contribution < 1.29 is 14.5 Å². The number of nitro groups is 1. The standard InChI is InChI=1S/C13H20N4O4/c1-13(2,3)21-12(18)15-8-4-5-10(9-15)16-11(17(19)20)6-7-14-16/h6-7,10H,4-5,8-9H2,1-3H3/t10-/m1/s1. The first kappa shape index (κ1) is 15.3. The number of carbonyl (C=O) groups excluding carboxylic acids is 1. The molecule has 1 amide bonds. The maximum atomic E-state index is 12.1. The zero-order valence-electron chi connectivity index (χ0n) is 12.5. The van der Waals surface area contributed by atoms with E-state index in [1.807, 2.05) is 20.8 Å². The van der Waals surface area contributed by atoms with Gasteiger partial charge in [0.1, 0.15) is 11.6 Å². The van der Waals surface area contributed by atoms with E-state index in [4.69, 9.17) is 4.74 Å². The van der Waals surface area contributed by atoms with Crippen LogP contribution in [0.25, 0.3) is 0 Å². The maximum Gasteiger partial charge on any atom is 0.410 e. The van der Waals surface area contributed by atoms with Gasteiger partial charge in [-0.05, 0) is 38.5 Å². The predicted molar refractivity (Wildman–Crippen MR) is 75.0 cm³/mol. The highest BCUT2D eigenvalue weighted by Crippen LogP contribution is 2.26. The number of nitrogens with zero attached hydrogens (tertiary/aromatic N) is 4. The fourth-order valence-corrected chi connectivity index (χ4v) is 2.38. The summed E-state index contributed by atoms with van der Waals surface area (Å²) in [6, 6.07) is 1.17. The van der Waals surface area contributed by atoms with E-state index in [2.05, 4.69) is 5.10 Å². The number of hydrogen-bond donors (Lipinski definition) is 0. The van der Waals surface area contributed by atoms with E-state index in [0.717, 1.165) is 12.8 Å². The topological polar surface area (TPSA) is 90.5 Å². The second-order valence-corrected chi connectivity index (χ2v) is 6.11. The molecule has 0 aliphatic carbocycles. The molecule has 1 aromatic heterocycles. The highest BCUT2D eigenvalue weighted by Gasteiger charge is 2.33. The molecule has 1 aliphatic heterocycles. The molecule has 1 atom stereocenters. The van der Waals surface area contributed by atoms with Gasteiger partial charge in [0, 0.05) is 6.54 Å².